The number of amides is 2. The van der Waals surface area contributed by atoms with Crippen LogP contribution in [0.1, 0.15) is 44.9 Å². The summed E-state index contributed by atoms with van der Waals surface area (Å²) in [5.41, 5.74) is 1.64. The van der Waals surface area contributed by atoms with E-state index < -0.39 is 17.7 Å². The zero-order chi connectivity index (χ0) is 21.9. The molecule has 0 aliphatic carbocycles. The van der Waals surface area contributed by atoms with Crippen molar-refractivity contribution in [2.24, 2.45) is 0 Å². The maximum Gasteiger partial charge on any atom is 0.417 e. The summed E-state index contributed by atoms with van der Waals surface area (Å²) in [6.07, 6.45) is 1.10. The topological polar surface area (TPSA) is 65.1 Å². The van der Waals surface area contributed by atoms with Gasteiger partial charge >= 0.3 is 6.09 Å². The molecule has 0 saturated carbocycles. The molecule has 1 saturated heterocycles. The van der Waals surface area contributed by atoms with Gasteiger partial charge in [-0.1, -0.05) is 36.4 Å². The highest BCUT2D eigenvalue weighted by Crippen LogP contribution is 2.33. The van der Waals surface area contributed by atoms with E-state index in [1.54, 1.807) is 26.2 Å². The molecular weight excluding hydrogens is 382 g/mol. The van der Waals surface area contributed by atoms with Gasteiger partial charge < -0.3 is 14.2 Å². The molecule has 6 heteroatoms. The van der Waals surface area contributed by atoms with Crippen LogP contribution >= 0.6 is 0 Å². The molecule has 2 aromatic carbocycles. The quantitative estimate of drug-likeness (QED) is 0.651. The van der Waals surface area contributed by atoms with Gasteiger partial charge in [0.15, 0.2) is 11.5 Å². The van der Waals surface area contributed by atoms with E-state index in [-0.39, 0.29) is 12.5 Å². The van der Waals surface area contributed by atoms with Crippen LogP contribution in [0.15, 0.2) is 54.1 Å². The van der Waals surface area contributed by atoms with Crippen molar-refractivity contribution < 1.29 is 23.8 Å². The molecule has 158 valence electrons. The minimum absolute atomic E-state index is 0.147. The van der Waals surface area contributed by atoms with Gasteiger partial charge in [-0.2, -0.15) is 0 Å². The summed E-state index contributed by atoms with van der Waals surface area (Å²) < 4.78 is 16.5. The summed E-state index contributed by atoms with van der Waals surface area (Å²) in [5.74, 6) is 0.806. The second-order valence-corrected chi connectivity index (χ2v) is 8.13. The summed E-state index contributed by atoms with van der Waals surface area (Å²) in [4.78, 5) is 26.5. The summed E-state index contributed by atoms with van der Waals surface area (Å²) >= 11 is 0. The molecule has 3 rings (SSSR count). The number of carbonyl (C=O) groups is 2. The first-order chi connectivity index (χ1) is 14.2. The van der Waals surface area contributed by atoms with Crippen LogP contribution in [0.4, 0.5) is 4.79 Å². The van der Waals surface area contributed by atoms with Crippen LogP contribution in [0, 0.1) is 0 Å². The van der Waals surface area contributed by atoms with E-state index in [9.17, 15) is 9.59 Å². The molecular formula is C24H27NO5. The Labute approximate surface area is 177 Å². The number of carbonyl (C=O) groups excluding carboxylic acids is 2. The Morgan fingerprint density at radius 1 is 1.13 bits per heavy atom. The molecule has 0 spiro atoms. The number of ether oxygens (including phenoxy) is 3. The van der Waals surface area contributed by atoms with Crippen molar-refractivity contribution in [2.75, 3.05) is 13.7 Å². The highest BCUT2D eigenvalue weighted by Gasteiger charge is 2.39. The second kappa shape index (κ2) is 8.61. The fourth-order valence-electron chi connectivity index (χ4n) is 3.26. The Bertz CT molecular complexity index is 959. The monoisotopic (exact) mass is 409 g/mol. The van der Waals surface area contributed by atoms with Crippen LogP contribution in [0.5, 0.6) is 11.5 Å². The third-order valence-electron chi connectivity index (χ3n) is 4.60. The standard InChI is InChI=1S/C24H27NO5/c1-16(13-17-11-12-20(28-5)21(14-17)30-24(2,3)4)22(26)25-19(15-29-23(25)27)18-9-7-6-8-10-18/h6-14,19H,15H2,1-5H3. The van der Waals surface area contributed by atoms with E-state index >= 15 is 0 Å². The minimum Gasteiger partial charge on any atom is -0.493 e. The normalized spacial score (nSPS) is 17.0. The number of cyclic esters (lactones) is 1. The van der Waals surface area contributed by atoms with E-state index in [1.165, 1.54) is 4.90 Å². The van der Waals surface area contributed by atoms with Gasteiger partial charge in [-0.25, -0.2) is 9.69 Å². The SMILES string of the molecule is COc1ccc(C=C(C)C(=O)N2C(=O)OCC2c2ccccc2)cc1OC(C)(C)C. The first-order valence-electron chi connectivity index (χ1n) is 9.80. The van der Waals surface area contributed by atoms with E-state index in [1.807, 2.05) is 63.2 Å². The highest BCUT2D eigenvalue weighted by molar-refractivity contribution is 6.05. The highest BCUT2D eigenvalue weighted by atomic mass is 16.6. The summed E-state index contributed by atoms with van der Waals surface area (Å²) in [6, 6.07) is 14.4. The van der Waals surface area contributed by atoms with Gasteiger partial charge in [-0.05, 0) is 57.0 Å². The number of hydrogen-bond acceptors (Lipinski definition) is 5. The molecule has 0 bridgehead atoms. The zero-order valence-corrected chi connectivity index (χ0v) is 18.0. The Hall–Kier alpha value is -3.28. The molecule has 0 N–H and O–H groups in total. The predicted molar refractivity (Wildman–Crippen MR) is 114 cm³/mol. The van der Waals surface area contributed by atoms with Crippen LogP contribution in [-0.4, -0.2) is 36.2 Å². The van der Waals surface area contributed by atoms with Crippen LogP contribution in [0.25, 0.3) is 6.08 Å². The number of hydrogen-bond donors (Lipinski definition) is 0. The number of methoxy groups -OCH3 is 1. The van der Waals surface area contributed by atoms with E-state index in [0.29, 0.717) is 17.1 Å². The Morgan fingerprint density at radius 2 is 1.83 bits per heavy atom. The van der Waals surface area contributed by atoms with Crippen LogP contribution in [0.2, 0.25) is 0 Å². The molecule has 1 heterocycles. The van der Waals surface area contributed by atoms with E-state index in [2.05, 4.69) is 0 Å². The molecule has 6 nitrogen and oxygen atoms in total. The molecule has 1 aliphatic rings. The lowest BCUT2D eigenvalue weighted by Gasteiger charge is -2.23. The zero-order valence-electron chi connectivity index (χ0n) is 18.0. The summed E-state index contributed by atoms with van der Waals surface area (Å²) in [6.45, 7) is 7.68. The van der Waals surface area contributed by atoms with Crippen molar-refractivity contribution in [1.29, 1.82) is 0 Å². The van der Waals surface area contributed by atoms with Gasteiger partial charge in [-0.3, -0.25) is 4.79 Å². The van der Waals surface area contributed by atoms with E-state index in [4.69, 9.17) is 14.2 Å². The summed E-state index contributed by atoms with van der Waals surface area (Å²) in [7, 11) is 1.58. The van der Waals surface area contributed by atoms with Crippen molar-refractivity contribution in [3.63, 3.8) is 0 Å². The lowest BCUT2D eigenvalue weighted by Crippen LogP contribution is -2.34. The maximum atomic E-state index is 13.1. The molecule has 1 unspecified atom stereocenters. The van der Waals surface area contributed by atoms with Gasteiger partial charge in [0.2, 0.25) is 0 Å². The van der Waals surface area contributed by atoms with Crippen molar-refractivity contribution >= 4 is 18.1 Å². The van der Waals surface area contributed by atoms with Gasteiger partial charge in [0.1, 0.15) is 18.2 Å². The molecule has 30 heavy (non-hydrogen) atoms. The summed E-state index contributed by atoms with van der Waals surface area (Å²) in [5, 5.41) is 0. The Morgan fingerprint density at radius 3 is 2.47 bits per heavy atom. The Kier molecular flexibility index (Phi) is 6.15. The molecule has 2 aromatic rings. The molecule has 0 radical (unpaired) electrons. The first-order valence-corrected chi connectivity index (χ1v) is 9.80. The molecule has 0 aromatic heterocycles. The number of imide groups is 1. The predicted octanol–water partition coefficient (Wildman–Crippen LogP) is 5.00. The van der Waals surface area contributed by atoms with Gasteiger partial charge in [0, 0.05) is 5.57 Å². The van der Waals surface area contributed by atoms with Crippen LogP contribution in [0.3, 0.4) is 0 Å². The fraction of sp³-hybridized carbons (Fsp3) is 0.333. The number of rotatable bonds is 5. The third kappa shape index (κ3) is 4.82. The van der Waals surface area contributed by atoms with Crippen LogP contribution in [-0.2, 0) is 9.53 Å². The number of benzene rings is 2. The largest absolute Gasteiger partial charge is 0.493 e. The van der Waals surface area contributed by atoms with Crippen LogP contribution < -0.4 is 9.47 Å². The second-order valence-electron chi connectivity index (χ2n) is 8.13. The number of nitrogens with zero attached hydrogens (tertiary/aromatic N) is 1. The van der Waals surface area contributed by atoms with Gasteiger partial charge in [0.25, 0.3) is 5.91 Å². The third-order valence-corrected chi connectivity index (χ3v) is 4.60. The average Bonchev–Trinajstić information content (AvgIpc) is 3.08. The van der Waals surface area contributed by atoms with Crippen molar-refractivity contribution in [3.05, 3.63) is 65.2 Å². The molecule has 1 fully saturated rings. The lowest BCUT2D eigenvalue weighted by molar-refractivity contribution is -0.125. The average molecular weight is 409 g/mol. The van der Waals surface area contributed by atoms with Crippen molar-refractivity contribution in [1.82, 2.24) is 4.90 Å². The fourth-order valence-corrected chi connectivity index (χ4v) is 3.26. The minimum atomic E-state index is -0.631. The molecule has 1 atom stereocenters. The first kappa shape index (κ1) is 21.4. The maximum absolute atomic E-state index is 13.1. The smallest absolute Gasteiger partial charge is 0.417 e. The van der Waals surface area contributed by atoms with E-state index in [0.717, 1.165) is 11.1 Å². The van der Waals surface area contributed by atoms with Crippen molar-refractivity contribution in [3.8, 4) is 11.5 Å². The Balaban J connectivity index is 1.88. The molecule has 1 aliphatic heterocycles. The van der Waals surface area contributed by atoms with Gasteiger partial charge in [0.05, 0.1) is 7.11 Å². The lowest BCUT2D eigenvalue weighted by atomic mass is 10.1. The van der Waals surface area contributed by atoms with Crippen molar-refractivity contribution in [2.45, 2.75) is 39.3 Å². The van der Waals surface area contributed by atoms with Gasteiger partial charge in [-0.15, -0.1) is 0 Å². The molecule has 2 amide bonds.